The van der Waals surface area contributed by atoms with E-state index in [1.165, 1.54) is 0 Å². The van der Waals surface area contributed by atoms with Crippen molar-refractivity contribution in [2.24, 2.45) is 0 Å². The van der Waals surface area contributed by atoms with Gasteiger partial charge in [-0.2, -0.15) is 0 Å². The van der Waals surface area contributed by atoms with Crippen LogP contribution in [0, 0.1) is 15.9 Å². The summed E-state index contributed by atoms with van der Waals surface area (Å²) >= 11 is 0. The maximum atomic E-state index is 13.1. The SMILES string of the molecule is O=C(COc1cc(F)ccc1[N+](=O)[O-])NC(=O)NC1CCCC1. The smallest absolute Gasteiger partial charge is 0.321 e. The zero-order valence-corrected chi connectivity index (χ0v) is 12.2. The van der Waals surface area contributed by atoms with Crippen molar-refractivity contribution in [3.63, 3.8) is 0 Å². The molecular weight excluding hydrogens is 309 g/mol. The van der Waals surface area contributed by atoms with Crippen LogP contribution >= 0.6 is 0 Å². The van der Waals surface area contributed by atoms with Gasteiger partial charge in [-0.3, -0.25) is 20.2 Å². The number of hydrogen-bond acceptors (Lipinski definition) is 5. The molecule has 3 amide bonds. The standard InChI is InChI=1S/C14H16FN3O5/c15-9-5-6-11(18(21)22)12(7-9)23-8-13(19)17-14(20)16-10-3-1-2-4-10/h5-7,10H,1-4,8H2,(H2,16,17,19,20). The molecule has 1 aliphatic rings. The summed E-state index contributed by atoms with van der Waals surface area (Å²) in [6, 6.07) is 2.08. The van der Waals surface area contributed by atoms with Crippen LogP contribution in [0.15, 0.2) is 18.2 Å². The molecule has 124 valence electrons. The van der Waals surface area contributed by atoms with Crippen molar-refractivity contribution in [2.45, 2.75) is 31.7 Å². The molecule has 0 atom stereocenters. The Hall–Kier alpha value is -2.71. The van der Waals surface area contributed by atoms with Crippen molar-refractivity contribution < 1.29 is 23.6 Å². The predicted octanol–water partition coefficient (Wildman–Crippen LogP) is 1.88. The van der Waals surface area contributed by atoms with E-state index in [-0.39, 0.29) is 11.8 Å². The third kappa shape index (κ3) is 4.90. The normalized spacial score (nSPS) is 14.3. The summed E-state index contributed by atoms with van der Waals surface area (Å²) in [5.74, 6) is -1.88. The topological polar surface area (TPSA) is 111 Å². The number of nitro benzene ring substituents is 1. The Labute approximate surface area is 131 Å². The first-order chi connectivity index (χ1) is 11.0. The Kier molecular flexibility index (Phi) is 5.45. The fourth-order valence-corrected chi connectivity index (χ4v) is 2.35. The van der Waals surface area contributed by atoms with E-state index in [2.05, 4.69) is 10.6 Å². The molecule has 1 aromatic carbocycles. The molecule has 2 rings (SSSR count). The first-order valence-corrected chi connectivity index (χ1v) is 7.13. The quantitative estimate of drug-likeness (QED) is 0.634. The minimum Gasteiger partial charge on any atom is -0.477 e. The molecule has 0 heterocycles. The number of nitrogens with zero attached hydrogens (tertiary/aromatic N) is 1. The minimum atomic E-state index is -0.779. The molecule has 2 N–H and O–H groups in total. The Balaban J connectivity index is 1.85. The summed E-state index contributed by atoms with van der Waals surface area (Å²) < 4.78 is 18.0. The van der Waals surface area contributed by atoms with E-state index in [1.807, 2.05) is 0 Å². The number of urea groups is 1. The van der Waals surface area contributed by atoms with Crippen LogP contribution in [0.5, 0.6) is 5.75 Å². The summed E-state index contributed by atoms with van der Waals surface area (Å²) in [6.45, 7) is -0.637. The summed E-state index contributed by atoms with van der Waals surface area (Å²) in [5.41, 5.74) is -0.463. The number of carbonyl (C=O) groups is 2. The van der Waals surface area contributed by atoms with Crippen LogP contribution in [0.2, 0.25) is 0 Å². The van der Waals surface area contributed by atoms with Gasteiger partial charge in [0.1, 0.15) is 5.82 Å². The van der Waals surface area contributed by atoms with Gasteiger partial charge in [-0.1, -0.05) is 12.8 Å². The van der Waals surface area contributed by atoms with Gasteiger partial charge in [0.05, 0.1) is 4.92 Å². The lowest BCUT2D eigenvalue weighted by molar-refractivity contribution is -0.385. The van der Waals surface area contributed by atoms with E-state index < -0.39 is 35.0 Å². The van der Waals surface area contributed by atoms with Gasteiger partial charge in [0.15, 0.2) is 6.61 Å². The first kappa shape index (κ1) is 16.7. The molecule has 1 fully saturated rings. The predicted molar refractivity (Wildman–Crippen MR) is 77.5 cm³/mol. The van der Waals surface area contributed by atoms with Gasteiger partial charge in [-0.05, 0) is 18.9 Å². The number of amides is 3. The van der Waals surface area contributed by atoms with E-state index in [0.717, 1.165) is 43.9 Å². The molecule has 1 saturated carbocycles. The molecule has 0 bridgehead atoms. The van der Waals surface area contributed by atoms with Crippen LogP contribution in [-0.4, -0.2) is 29.5 Å². The lowest BCUT2D eigenvalue weighted by Gasteiger charge is -2.12. The highest BCUT2D eigenvalue weighted by molar-refractivity contribution is 5.95. The molecule has 0 spiro atoms. The molecule has 0 radical (unpaired) electrons. The number of ether oxygens (including phenoxy) is 1. The molecule has 1 aromatic rings. The maximum Gasteiger partial charge on any atom is 0.321 e. The zero-order chi connectivity index (χ0) is 16.8. The van der Waals surface area contributed by atoms with Gasteiger partial charge in [0.25, 0.3) is 5.91 Å². The minimum absolute atomic E-state index is 0.0491. The highest BCUT2D eigenvalue weighted by Gasteiger charge is 2.20. The highest BCUT2D eigenvalue weighted by Crippen LogP contribution is 2.27. The highest BCUT2D eigenvalue weighted by atomic mass is 19.1. The molecule has 1 aliphatic carbocycles. The van der Waals surface area contributed by atoms with Crippen LogP contribution in [0.25, 0.3) is 0 Å². The van der Waals surface area contributed by atoms with Crippen molar-refractivity contribution in [2.75, 3.05) is 6.61 Å². The van der Waals surface area contributed by atoms with Crippen LogP contribution < -0.4 is 15.4 Å². The van der Waals surface area contributed by atoms with E-state index in [4.69, 9.17) is 4.74 Å². The van der Waals surface area contributed by atoms with Crippen molar-refractivity contribution in [1.29, 1.82) is 0 Å². The monoisotopic (exact) mass is 325 g/mol. The molecule has 0 unspecified atom stereocenters. The number of nitrogens with one attached hydrogen (secondary N) is 2. The van der Waals surface area contributed by atoms with Crippen molar-refractivity contribution in [1.82, 2.24) is 10.6 Å². The summed E-state index contributed by atoms with van der Waals surface area (Å²) in [4.78, 5) is 33.2. The fraction of sp³-hybridized carbons (Fsp3) is 0.429. The fourth-order valence-electron chi connectivity index (χ4n) is 2.35. The zero-order valence-electron chi connectivity index (χ0n) is 12.2. The second-order valence-corrected chi connectivity index (χ2v) is 5.16. The third-order valence-corrected chi connectivity index (χ3v) is 3.42. The van der Waals surface area contributed by atoms with Crippen molar-refractivity contribution in [3.05, 3.63) is 34.1 Å². The molecule has 0 aromatic heterocycles. The summed E-state index contributed by atoms with van der Waals surface area (Å²) in [5, 5.41) is 15.5. The Morgan fingerprint density at radius 1 is 1.35 bits per heavy atom. The molecule has 9 heteroatoms. The average molecular weight is 325 g/mol. The van der Waals surface area contributed by atoms with Gasteiger partial charge in [-0.25, -0.2) is 9.18 Å². The molecular formula is C14H16FN3O5. The van der Waals surface area contributed by atoms with Crippen molar-refractivity contribution >= 4 is 17.6 Å². The molecule has 0 aliphatic heterocycles. The second-order valence-electron chi connectivity index (χ2n) is 5.16. The number of nitro groups is 1. The number of rotatable bonds is 5. The van der Waals surface area contributed by atoms with Gasteiger partial charge in [0, 0.05) is 18.2 Å². The van der Waals surface area contributed by atoms with Crippen LogP contribution in [0.3, 0.4) is 0 Å². The molecule has 0 saturated heterocycles. The largest absolute Gasteiger partial charge is 0.477 e. The summed E-state index contributed by atoms with van der Waals surface area (Å²) in [7, 11) is 0. The van der Waals surface area contributed by atoms with E-state index in [1.54, 1.807) is 0 Å². The molecule has 23 heavy (non-hydrogen) atoms. The first-order valence-electron chi connectivity index (χ1n) is 7.13. The van der Waals surface area contributed by atoms with Gasteiger partial charge in [-0.15, -0.1) is 0 Å². The van der Waals surface area contributed by atoms with Gasteiger partial charge >= 0.3 is 11.7 Å². The van der Waals surface area contributed by atoms with Gasteiger partial charge < -0.3 is 10.1 Å². The number of hydrogen-bond donors (Lipinski definition) is 2. The van der Waals surface area contributed by atoms with E-state index >= 15 is 0 Å². The lowest BCUT2D eigenvalue weighted by Crippen LogP contribution is -2.45. The van der Waals surface area contributed by atoms with Crippen LogP contribution in [0.4, 0.5) is 14.9 Å². The molecule has 8 nitrogen and oxygen atoms in total. The lowest BCUT2D eigenvalue weighted by atomic mass is 10.2. The van der Waals surface area contributed by atoms with Gasteiger partial charge in [0.2, 0.25) is 5.75 Å². The third-order valence-electron chi connectivity index (χ3n) is 3.42. The number of halogens is 1. The average Bonchev–Trinajstić information content (AvgIpc) is 2.97. The van der Waals surface area contributed by atoms with Crippen molar-refractivity contribution in [3.8, 4) is 5.75 Å². The van der Waals surface area contributed by atoms with E-state index in [0.29, 0.717) is 0 Å². The number of carbonyl (C=O) groups excluding carboxylic acids is 2. The summed E-state index contributed by atoms with van der Waals surface area (Å²) in [6.07, 6.45) is 3.80. The second kappa shape index (κ2) is 7.52. The van der Waals surface area contributed by atoms with E-state index in [9.17, 15) is 24.1 Å². The Morgan fingerprint density at radius 3 is 2.70 bits per heavy atom. The van der Waals surface area contributed by atoms with Crippen LogP contribution in [-0.2, 0) is 4.79 Å². The number of imide groups is 1. The number of benzene rings is 1. The Morgan fingerprint density at radius 2 is 2.04 bits per heavy atom. The maximum absolute atomic E-state index is 13.1. The Bertz CT molecular complexity index is 616. The van der Waals surface area contributed by atoms with Crippen LogP contribution in [0.1, 0.15) is 25.7 Å².